The molecule has 0 aromatic heterocycles. The van der Waals surface area contributed by atoms with Crippen LogP contribution in [0.5, 0.6) is 0 Å². The Bertz CT molecular complexity index is 631. The average Bonchev–Trinajstić information content (AvgIpc) is 2.92. The maximum absolute atomic E-state index is 12.5. The summed E-state index contributed by atoms with van der Waals surface area (Å²) in [6.45, 7) is 9.95. The second-order valence-corrected chi connectivity index (χ2v) is 9.33. The molecule has 0 amide bonds. The van der Waals surface area contributed by atoms with Crippen LogP contribution in [0.25, 0.3) is 0 Å². The van der Waals surface area contributed by atoms with Crippen LogP contribution in [0.4, 0.5) is 0 Å². The number of carboxylic acid groups (broad SMARTS) is 1. The number of rotatable bonds is 13. The fraction of sp³-hybridized carbons (Fsp3) is 0.720. The molecule has 5 heteroatoms. The van der Waals surface area contributed by atoms with Crippen molar-refractivity contribution in [3.63, 3.8) is 0 Å². The summed E-state index contributed by atoms with van der Waals surface area (Å²) >= 11 is 0. The van der Waals surface area contributed by atoms with E-state index in [2.05, 4.69) is 33.8 Å². The topological polar surface area (TPSA) is 80.7 Å². The van der Waals surface area contributed by atoms with Crippen LogP contribution in [0.3, 0.4) is 0 Å². The molecule has 0 aromatic rings. The van der Waals surface area contributed by atoms with Crippen molar-refractivity contribution in [1.82, 2.24) is 0 Å². The van der Waals surface area contributed by atoms with Gasteiger partial charge in [-0.25, -0.2) is 0 Å². The largest absolute Gasteiger partial charge is 0.481 e. The SMILES string of the molecule is CCCCC(C)(C)C(C=C[C@H]1C(C)CC(=O)[C@@H]1CC=CCCCC(=O)O)OC(C)=O. The van der Waals surface area contributed by atoms with Crippen molar-refractivity contribution >= 4 is 17.7 Å². The molecule has 0 aromatic carbocycles. The maximum atomic E-state index is 12.5. The van der Waals surface area contributed by atoms with Gasteiger partial charge in [-0.1, -0.05) is 58.8 Å². The van der Waals surface area contributed by atoms with E-state index in [0.29, 0.717) is 25.7 Å². The third-order valence-electron chi connectivity index (χ3n) is 6.12. The number of hydrogen-bond acceptors (Lipinski definition) is 4. The second-order valence-electron chi connectivity index (χ2n) is 9.33. The van der Waals surface area contributed by atoms with Gasteiger partial charge in [0.1, 0.15) is 11.9 Å². The number of ether oxygens (including phenoxy) is 1. The van der Waals surface area contributed by atoms with Gasteiger partial charge in [0.15, 0.2) is 0 Å². The minimum atomic E-state index is -0.780. The van der Waals surface area contributed by atoms with Crippen molar-refractivity contribution in [2.24, 2.45) is 23.2 Å². The molecule has 30 heavy (non-hydrogen) atoms. The zero-order valence-corrected chi connectivity index (χ0v) is 19.4. The van der Waals surface area contributed by atoms with Gasteiger partial charge in [0.2, 0.25) is 0 Å². The second kappa shape index (κ2) is 12.7. The van der Waals surface area contributed by atoms with Gasteiger partial charge >= 0.3 is 11.9 Å². The highest BCUT2D eigenvalue weighted by atomic mass is 16.5. The van der Waals surface area contributed by atoms with Crippen LogP contribution < -0.4 is 0 Å². The molecule has 4 atom stereocenters. The number of Topliss-reactive ketones (excluding diaryl/α,β-unsaturated/α-hetero) is 1. The molecule has 2 unspecified atom stereocenters. The number of hydrogen-bond donors (Lipinski definition) is 1. The molecule has 0 bridgehead atoms. The fourth-order valence-corrected chi connectivity index (χ4v) is 4.20. The Morgan fingerprint density at radius 3 is 2.57 bits per heavy atom. The first-order valence-electron chi connectivity index (χ1n) is 11.3. The van der Waals surface area contributed by atoms with Crippen molar-refractivity contribution in [3.8, 4) is 0 Å². The summed E-state index contributed by atoms with van der Waals surface area (Å²) < 4.78 is 5.64. The lowest BCUT2D eigenvalue weighted by Crippen LogP contribution is -2.32. The number of carbonyl (C=O) groups is 3. The average molecular weight is 421 g/mol. The van der Waals surface area contributed by atoms with Crippen LogP contribution in [-0.2, 0) is 19.1 Å². The first-order valence-corrected chi connectivity index (χ1v) is 11.3. The lowest BCUT2D eigenvalue weighted by Gasteiger charge is -2.32. The van der Waals surface area contributed by atoms with E-state index < -0.39 is 5.97 Å². The molecule has 1 aliphatic rings. The van der Waals surface area contributed by atoms with Crippen LogP contribution in [0.15, 0.2) is 24.3 Å². The van der Waals surface area contributed by atoms with Crippen molar-refractivity contribution in [2.75, 3.05) is 0 Å². The number of esters is 1. The molecule has 0 heterocycles. The Kier molecular flexibility index (Phi) is 11.1. The van der Waals surface area contributed by atoms with Gasteiger partial charge in [0.25, 0.3) is 0 Å². The summed E-state index contributed by atoms with van der Waals surface area (Å²) in [7, 11) is 0. The van der Waals surface area contributed by atoms with Crippen molar-refractivity contribution < 1.29 is 24.2 Å². The molecule has 0 radical (unpaired) electrons. The minimum Gasteiger partial charge on any atom is -0.481 e. The molecule has 1 fully saturated rings. The van der Waals surface area contributed by atoms with E-state index in [4.69, 9.17) is 9.84 Å². The molecule has 0 saturated heterocycles. The van der Waals surface area contributed by atoms with Gasteiger partial charge in [-0.2, -0.15) is 0 Å². The van der Waals surface area contributed by atoms with E-state index >= 15 is 0 Å². The maximum Gasteiger partial charge on any atom is 0.303 e. The number of carboxylic acids is 1. The fourth-order valence-electron chi connectivity index (χ4n) is 4.20. The molecule has 0 spiro atoms. The third kappa shape index (κ3) is 8.85. The number of carbonyl (C=O) groups excluding carboxylic acids is 2. The Hall–Kier alpha value is -1.91. The standard InChI is InChI=1S/C25H40O5/c1-6-7-16-25(4,5)23(30-19(3)26)15-14-20-18(2)17-22(27)21(20)12-10-8-9-11-13-24(28)29/h8,10,14-15,18,20-21,23H,6-7,9,11-13,16-17H2,1-5H3,(H,28,29)/t18?,20-,21+,23?/m0/s1. The van der Waals surface area contributed by atoms with Crippen LogP contribution in [-0.4, -0.2) is 28.9 Å². The van der Waals surface area contributed by atoms with Gasteiger partial charge in [-0.05, 0) is 43.6 Å². The van der Waals surface area contributed by atoms with Crippen molar-refractivity contribution in [2.45, 2.75) is 92.1 Å². The molecule has 170 valence electrons. The summed E-state index contributed by atoms with van der Waals surface area (Å²) in [6, 6.07) is 0. The van der Waals surface area contributed by atoms with Gasteiger partial charge in [0.05, 0.1) is 0 Å². The molecule has 1 saturated carbocycles. The molecule has 0 aliphatic heterocycles. The van der Waals surface area contributed by atoms with E-state index in [1.807, 2.05) is 18.2 Å². The lowest BCUT2D eigenvalue weighted by atomic mass is 9.79. The number of unbranched alkanes of at least 4 members (excludes halogenated alkanes) is 2. The predicted molar refractivity (Wildman–Crippen MR) is 119 cm³/mol. The predicted octanol–water partition coefficient (Wildman–Crippen LogP) is 5.73. The Labute approximate surface area is 182 Å². The van der Waals surface area contributed by atoms with Gasteiger partial charge in [0, 0.05) is 31.1 Å². The van der Waals surface area contributed by atoms with Crippen molar-refractivity contribution in [3.05, 3.63) is 24.3 Å². The highest BCUT2D eigenvalue weighted by Crippen LogP contribution is 2.39. The van der Waals surface area contributed by atoms with E-state index in [1.165, 1.54) is 6.92 Å². The zero-order valence-electron chi connectivity index (χ0n) is 19.4. The van der Waals surface area contributed by atoms with Gasteiger partial charge < -0.3 is 9.84 Å². The first-order chi connectivity index (χ1) is 14.1. The summed E-state index contributed by atoms with van der Waals surface area (Å²) in [5.41, 5.74) is -0.163. The Morgan fingerprint density at radius 2 is 1.97 bits per heavy atom. The van der Waals surface area contributed by atoms with E-state index in [9.17, 15) is 14.4 Å². The monoisotopic (exact) mass is 420 g/mol. The van der Waals surface area contributed by atoms with Crippen LogP contribution in [0, 0.1) is 23.2 Å². The summed E-state index contributed by atoms with van der Waals surface area (Å²) in [5.74, 6) is -0.467. The van der Waals surface area contributed by atoms with E-state index in [-0.39, 0.29) is 47.4 Å². The Balaban J connectivity index is 2.83. The smallest absolute Gasteiger partial charge is 0.303 e. The molecule has 1 N–H and O–H groups in total. The lowest BCUT2D eigenvalue weighted by molar-refractivity contribution is -0.149. The van der Waals surface area contributed by atoms with Crippen molar-refractivity contribution in [1.29, 1.82) is 0 Å². The van der Waals surface area contributed by atoms with Crippen LogP contribution in [0.1, 0.15) is 86.0 Å². The zero-order chi connectivity index (χ0) is 22.7. The van der Waals surface area contributed by atoms with Gasteiger partial charge in [-0.15, -0.1) is 0 Å². The minimum absolute atomic E-state index is 0.0660. The number of allylic oxidation sites excluding steroid dienone is 3. The van der Waals surface area contributed by atoms with E-state index in [1.54, 1.807) is 0 Å². The third-order valence-corrected chi connectivity index (χ3v) is 6.12. The number of aliphatic carboxylic acids is 1. The molecular formula is C25H40O5. The summed E-state index contributed by atoms with van der Waals surface area (Å²) in [6.07, 6.45) is 13.6. The molecular weight excluding hydrogens is 380 g/mol. The summed E-state index contributed by atoms with van der Waals surface area (Å²) in [5, 5.41) is 8.70. The normalized spacial score (nSPS) is 23.4. The first kappa shape index (κ1) is 26.1. The molecule has 1 aliphatic carbocycles. The molecule has 1 rings (SSSR count). The quantitative estimate of drug-likeness (QED) is 0.234. The van der Waals surface area contributed by atoms with Crippen LogP contribution >= 0.6 is 0 Å². The van der Waals surface area contributed by atoms with Gasteiger partial charge in [-0.3, -0.25) is 14.4 Å². The van der Waals surface area contributed by atoms with E-state index in [0.717, 1.165) is 19.3 Å². The highest BCUT2D eigenvalue weighted by molar-refractivity contribution is 5.84. The number of ketones is 1. The summed E-state index contributed by atoms with van der Waals surface area (Å²) in [4.78, 5) is 34.8. The van der Waals surface area contributed by atoms with Crippen LogP contribution in [0.2, 0.25) is 0 Å². The highest BCUT2D eigenvalue weighted by Gasteiger charge is 2.38. The molecule has 5 nitrogen and oxygen atoms in total. The Morgan fingerprint density at radius 1 is 1.27 bits per heavy atom.